The molecule has 0 saturated carbocycles. The van der Waals surface area contributed by atoms with E-state index >= 15 is 0 Å². The van der Waals surface area contributed by atoms with Gasteiger partial charge in [0.2, 0.25) is 5.88 Å². The Balaban J connectivity index is 2.44. The van der Waals surface area contributed by atoms with E-state index in [4.69, 9.17) is 21.4 Å². The molecule has 92 valence electrons. The van der Waals surface area contributed by atoms with Gasteiger partial charge in [0, 0.05) is 17.8 Å². The summed E-state index contributed by atoms with van der Waals surface area (Å²) in [6.07, 6.45) is 1.62. The van der Waals surface area contributed by atoms with Gasteiger partial charge in [0.05, 0.1) is 17.7 Å². The third-order valence-electron chi connectivity index (χ3n) is 2.48. The summed E-state index contributed by atoms with van der Waals surface area (Å²) in [5.41, 5.74) is 1.62. The van der Waals surface area contributed by atoms with E-state index in [-0.39, 0.29) is 10.6 Å². The van der Waals surface area contributed by atoms with Crippen molar-refractivity contribution < 1.29 is 14.6 Å². The van der Waals surface area contributed by atoms with Crippen LogP contribution in [0, 0.1) is 0 Å². The van der Waals surface area contributed by atoms with Crippen LogP contribution in [-0.4, -0.2) is 23.2 Å². The monoisotopic (exact) mass is 263 g/mol. The molecule has 1 aromatic heterocycles. The fourth-order valence-electron chi connectivity index (χ4n) is 1.54. The van der Waals surface area contributed by atoms with Crippen LogP contribution >= 0.6 is 11.6 Å². The number of hydrogen-bond acceptors (Lipinski definition) is 3. The minimum absolute atomic E-state index is 0.0741. The van der Waals surface area contributed by atoms with Crippen LogP contribution in [-0.2, 0) is 0 Å². The zero-order valence-electron chi connectivity index (χ0n) is 9.55. The summed E-state index contributed by atoms with van der Waals surface area (Å²) in [5, 5.41) is 9.21. The Morgan fingerprint density at radius 3 is 2.56 bits per heavy atom. The van der Waals surface area contributed by atoms with E-state index in [1.807, 2.05) is 0 Å². The highest BCUT2D eigenvalue weighted by atomic mass is 35.5. The summed E-state index contributed by atoms with van der Waals surface area (Å²) in [6.45, 7) is 0. The van der Waals surface area contributed by atoms with Crippen molar-refractivity contribution in [2.45, 2.75) is 0 Å². The maximum absolute atomic E-state index is 11.0. The highest BCUT2D eigenvalue weighted by molar-refractivity contribution is 6.33. The molecule has 0 unspecified atom stereocenters. The van der Waals surface area contributed by atoms with Gasteiger partial charge in [0.1, 0.15) is 0 Å². The van der Waals surface area contributed by atoms with Gasteiger partial charge < -0.3 is 9.84 Å². The summed E-state index contributed by atoms with van der Waals surface area (Å²) in [4.78, 5) is 15.1. The summed E-state index contributed by atoms with van der Waals surface area (Å²) in [5.74, 6) is -0.547. The van der Waals surface area contributed by atoms with Gasteiger partial charge in [0.25, 0.3) is 0 Å². The van der Waals surface area contributed by atoms with E-state index in [1.54, 1.807) is 30.5 Å². The van der Waals surface area contributed by atoms with Gasteiger partial charge in [-0.05, 0) is 23.8 Å². The molecule has 1 N–H and O–H groups in total. The molecular formula is C13H10ClNO3. The Hall–Kier alpha value is -2.07. The molecule has 0 spiro atoms. The fourth-order valence-corrected chi connectivity index (χ4v) is 1.74. The average Bonchev–Trinajstić information content (AvgIpc) is 2.39. The average molecular weight is 264 g/mol. The number of carboxylic acid groups (broad SMARTS) is 1. The molecule has 5 heteroatoms. The second kappa shape index (κ2) is 5.06. The Bertz CT molecular complexity index is 581. The fraction of sp³-hybridized carbons (Fsp3) is 0.0769. The maximum atomic E-state index is 11.0. The van der Waals surface area contributed by atoms with Crippen LogP contribution in [0.4, 0.5) is 0 Å². The number of aromatic nitrogens is 1. The third kappa shape index (κ3) is 2.43. The first-order valence-corrected chi connectivity index (χ1v) is 5.53. The molecule has 1 heterocycles. The van der Waals surface area contributed by atoms with Gasteiger partial charge in [-0.15, -0.1) is 0 Å². The predicted octanol–water partition coefficient (Wildman–Crippen LogP) is 3.11. The number of hydrogen-bond donors (Lipinski definition) is 1. The molecule has 0 saturated heterocycles. The molecule has 18 heavy (non-hydrogen) atoms. The summed E-state index contributed by atoms with van der Waals surface area (Å²) >= 11 is 5.81. The van der Waals surface area contributed by atoms with Crippen LogP contribution in [0.1, 0.15) is 10.4 Å². The predicted molar refractivity (Wildman–Crippen MR) is 68.2 cm³/mol. The quantitative estimate of drug-likeness (QED) is 0.924. The van der Waals surface area contributed by atoms with Crippen LogP contribution in [0.15, 0.2) is 36.5 Å². The van der Waals surface area contributed by atoms with Gasteiger partial charge in [0.15, 0.2) is 0 Å². The van der Waals surface area contributed by atoms with Crippen molar-refractivity contribution in [1.82, 2.24) is 4.98 Å². The maximum Gasteiger partial charge on any atom is 0.337 e. The number of carbonyl (C=O) groups is 1. The summed E-state index contributed by atoms with van der Waals surface area (Å²) in [6, 6.07) is 8.35. The van der Waals surface area contributed by atoms with Crippen molar-refractivity contribution >= 4 is 17.6 Å². The number of ether oxygens (including phenoxy) is 1. The number of halogens is 1. The van der Waals surface area contributed by atoms with E-state index in [0.717, 1.165) is 11.1 Å². The number of nitrogens with zero attached hydrogens (tertiary/aromatic N) is 1. The SMILES string of the molecule is COc1ccc(-c2ccc(Cl)c(C(=O)O)c2)cn1. The van der Waals surface area contributed by atoms with Crippen molar-refractivity contribution in [1.29, 1.82) is 0 Å². The number of methoxy groups -OCH3 is 1. The minimum Gasteiger partial charge on any atom is -0.481 e. The van der Waals surface area contributed by atoms with Crippen LogP contribution in [0.3, 0.4) is 0 Å². The molecule has 2 rings (SSSR count). The van der Waals surface area contributed by atoms with Crippen LogP contribution in [0.25, 0.3) is 11.1 Å². The lowest BCUT2D eigenvalue weighted by Gasteiger charge is -2.05. The van der Waals surface area contributed by atoms with E-state index in [0.29, 0.717) is 5.88 Å². The van der Waals surface area contributed by atoms with E-state index < -0.39 is 5.97 Å². The van der Waals surface area contributed by atoms with Gasteiger partial charge in [-0.1, -0.05) is 17.7 Å². The van der Waals surface area contributed by atoms with E-state index in [2.05, 4.69) is 4.98 Å². The normalized spacial score (nSPS) is 10.1. The lowest BCUT2D eigenvalue weighted by atomic mass is 10.0. The summed E-state index contributed by atoms with van der Waals surface area (Å²) in [7, 11) is 1.53. The Kier molecular flexibility index (Phi) is 3.48. The molecule has 4 nitrogen and oxygen atoms in total. The Labute approximate surface area is 109 Å². The molecule has 0 aliphatic carbocycles. The first kappa shape index (κ1) is 12.4. The number of aromatic carboxylic acids is 1. The van der Waals surface area contributed by atoms with Crippen LogP contribution in [0.2, 0.25) is 5.02 Å². The first-order valence-electron chi connectivity index (χ1n) is 5.15. The number of pyridine rings is 1. The third-order valence-corrected chi connectivity index (χ3v) is 2.81. The Morgan fingerprint density at radius 2 is 2.00 bits per heavy atom. The number of carboxylic acids is 1. The van der Waals surface area contributed by atoms with Gasteiger partial charge in [-0.2, -0.15) is 0 Å². The molecule has 0 aliphatic rings. The largest absolute Gasteiger partial charge is 0.481 e. The van der Waals surface area contributed by atoms with E-state index in [1.165, 1.54) is 13.2 Å². The number of rotatable bonds is 3. The molecular weight excluding hydrogens is 254 g/mol. The molecule has 0 atom stereocenters. The van der Waals surface area contributed by atoms with Gasteiger partial charge in [-0.3, -0.25) is 0 Å². The molecule has 1 aromatic carbocycles. The second-order valence-corrected chi connectivity index (χ2v) is 4.00. The Morgan fingerprint density at radius 1 is 1.28 bits per heavy atom. The highest BCUT2D eigenvalue weighted by Gasteiger charge is 2.10. The van der Waals surface area contributed by atoms with Crippen LogP contribution < -0.4 is 4.74 Å². The molecule has 2 aromatic rings. The van der Waals surface area contributed by atoms with Crippen molar-refractivity contribution in [3.8, 4) is 17.0 Å². The van der Waals surface area contributed by atoms with Crippen molar-refractivity contribution in [3.63, 3.8) is 0 Å². The molecule has 0 amide bonds. The van der Waals surface area contributed by atoms with Crippen molar-refractivity contribution in [2.75, 3.05) is 7.11 Å². The standard InChI is InChI=1S/C13H10ClNO3/c1-18-12-5-3-9(7-15-12)8-2-4-11(14)10(6-8)13(16)17/h2-7H,1H3,(H,16,17). The smallest absolute Gasteiger partial charge is 0.337 e. The number of benzene rings is 1. The van der Waals surface area contributed by atoms with Crippen molar-refractivity contribution in [3.05, 3.63) is 47.1 Å². The van der Waals surface area contributed by atoms with Crippen molar-refractivity contribution in [2.24, 2.45) is 0 Å². The van der Waals surface area contributed by atoms with E-state index in [9.17, 15) is 4.79 Å². The first-order chi connectivity index (χ1) is 8.61. The highest BCUT2D eigenvalue weighted by Crippen LogP contribution is 2.25. The van der Waals surface area contributed by atoms with Gasteiger partial charge in [-0.25, -0.2) is 9.78 Å². The molecule has 0 aliphatic heterocycles. The zero-order valence-corrected chi connectivity index (χ0v) is 10.3. The summed E-state index contributed by atoms with van der Waals surface area (Å²) < 4.78 is 4.96. The van der Waals surface area contributed by atoms with Gasteiger partial charge >= 0.3 is 5.97 Å². The lowest BCUT2D eigenvalue weighted by molar-refractivity contribution is 0.0697. The minimum atomic E-state index is -1.05. The lowest BCUT2D eigenvalue weighted by Crippen LogP contribution is -1.97. The van der Waals surface area contributed by atoms with Crippen LogP contribution in [0.5, 0.6) is 5.88 Å². The molecule has 0 radical (unpaired) electrons. The molecule has 0 bridgehead atoms. The second-order valence-electron chi connectivity index (χ2n) is 3.59. The topological polar surface area (TPSA) is 59.4 Å². The molecule has 0 fully saturated rings. The zero-order chi connectivity index (χ0) is 13.1.